The van der Waals surface area contributed by atoms with Crippen molar-refractivity contribution in [2.75, 3.05) is 0 Å². The van der Waals surface area contributed by atoms with Gasteiger partial charge in [-0.1, -0.05) is 30.3 Å². The molecule has 13 heavy (non-hydrogen) atoms. The molecule has 0 bridgehead atoms. The van der Waals surface area contributed by atoms with Crippen molar-refractivity contribution >= 4 is 12.0 Å². The largest absolute Gasteiger partial charge is 0.431 e. The second-order valence-corrected chi connectivity index (χ2v) is 2.69. The van der Waals surface area contributed by atoms with Crippen molar-refractivity contribution in [3.05, 3.63) is 35.9 Å². The summed E-state index contributed by atoms with van der Waals surface area (Å²) in [7, 11) is 0. The topological polar surface area (TPSA) is 55.4 Å². The lowest BCUT2D eigenvalue weighted by molar-refractivity contribution is -0.123. The second-order valence-electron chi connectivity index (χ2n) is 2.69. The number of hydrogen-bond acceptors (Lipinski definition) is 3. The number of carbonyl (C=O) groups is 2. The number of nitrogens with one attached hydrogen (secondary N) is 1. The lowest BCUT2D eigenvalue weighted by Crippen LogP contribution is -2.20. The maximum Gasteiger partial charge on any atom is 0.415 e. The highest BCUT2D eigenvalue weighted by Crippen LogP contribution is 2.20. The number of hydrogen-bond donors (Lipinski definition) is 1. The van der Waals surface area contributed by atoms with Crippen molar-refractivity contribution in [1.29, 1.82) is 0 Å². The van der Waals surface area contributed by atoms with E-state index in [0.717, 1.165) is 0 Å². The van der Waals surface area contributed by atoms with E-state index in [1.165, 1.54) is 0 Å². The van der Waals surface area contributed by atoms with Crippen LogP contribution < -0.4 is 5.32 Å². The van der Waals surface area contributed by atoms with Gasteiger partial charge in [0.05, 0.1) is 0 Å². The molecular formula is C9H7NO3. The molecule has 66 valence electrons. The van der Waals surface area contributed by atoms with Crippen LogP contribution in [0.4, 0.5) is 4.79 Å². The normalized spacial score (nSPS) is 21.1. The third kappa shape index (κ3) is 1.38. The van der Waals surface area contributed by atoms with E-state index < -0.39 is 18.1 Å². The van der Waals surface area contributed by atoms with E-state index in [1.54, 1.807) is 24.3 Å². The average molecular weight is 177 g/mol. The van der Waals surface area contributed by atoms with Crippen molar-refractivity contribution in [3.63, 3.8) is 0 Å². The molecule has 1 heterocycles. The molecule has 0 spiro atoms. The van der Waals surface area contributed by atoms with Crippen molar-refractivity contribution < 1.29 is 14.3 Å². The van der Waals surface area contributed by atoms with Crippen LogP contribution in [0.3, 0.4) is 0 Å². The lowest BCUT2D eigenvalue weighted by atomic mass is 10.1. The van der Waals surface area contributed by atoms with Crippen molar-refractivity contribution in [1.82, 2.24) is 5.32 Å². The first-order chi connectivity index (χ1) is 6.27. The number of cyclic esters (lactones) is 1. The highest BCUT2D eigenvalue weighted by atomic mass is 16.6. The van der Waals surface area contributed by atoms with Crippen LogP contribution in [0.15, 0.2) is 30.3 Å². The van der Waals surface area contributed by atoms with Gasteiger partial charge in [-0.05, 0) is 0 Å². The molecule has 1 aromatic rings. The van der Waals surface area contributed by atoms with Gasteiger partial charge < -0.3 is 4.74 Å². The summed E-state index contributed by atoms with van der Waals surface area (Å²) in [6.45, 7) is 0. The summed E-state index contributed by atoms with van der Waals surface area (Å²) >= 11 is 0. The Morgan fingerprint density at radius 1 is 1.15 bits per heavy atom. The Morgan fingerprint density at radius 3 is 2.38 bits per heavy atom. The zero-order valence-corrected chi connectivity index (χ0v) is 6.69. The molecule has 4 heteroatoms. The molecule has 0 saturated carbocycles. The Balaban J connectivity index is 2.28. The van der Waals surface area contributed by atoms with Crippen molar-refractivity contribution in [2.24, 2.45) is 0 Å². The van der Waals surface area contributed by atoms with Gasteiger partial charge in [0.25, 0.3) is 5.91 Å². The van der Waals surface area contributed by atoms with E-state index in [9.17, 15) is 9.59 Å². The van der Waals surface area contributed by atoms with Gasteiger partial charge in [-0.25, -0.2) is 4.79 Å². The summed E-state index contributed by atoms with van der Waals surface area (Å²) in [5.74, 6) is -0.406. The Hall–Kier alpha value is -1.84. The van der Waals surface area contributed by atoms with Crippen LogP contribution in [0.1, 0.15) is 11.7 Å². The van der Waals surface area contributed by atoms with Crippen LogP contribution >= 0.6 is 0 Å². The summed E-state index contributed by atoms with van der Waals surface area (Å²) in [5, 5.41) is 2.07. The fraction of sp³-hybridized carbons (Fsp3) is 0.111. The Kier molecular flexibility index (Phi) is 1.73. The third-order valence-corrected chi connectivity index (χ3v) is 1.79. The number of benzene rings is 1. The van der Waals surface area contributed by atoms with Gasteiger partial charge in [0.2, 0.25) is 6.10 Å². The minimum Gasteiger partial charge on any atom is -0.431 e. The fourth-order valence-electron chi connectivity index (χ4n) is 1.20. The van der Waals surface area contributed by atoms with Crippen LogP contribution in [0.2, 0.25) is 0 Å². The zero-order valence-electron chi connectivity index (χ0n) is 6.69. The number of carbonyl (C=O) groups excluding carboxylic acids is 2. The molecule has 1 N–H and O–H groups in total. The van der Waals surface area contributed by atoms with Crippen molar-refractivity contribution in [2.45, 2.75) is 6.10 Å². The Morgan fingerprint density at radius 2 is 1.85 bits per heavy atom. The maximum atomic E-state index is 11.1. The van der Waals surface area contributed by atoms with Gasteiger partial charge in [0.15, 0.2) is 0 Å². The smallest absolute Gasteiger partial charge is 0.415 e. The van der Waals surface area contributed by atoms with Crippen molar-refractivity contribution in [3.8, 4) is 0 Å². The number of amides is 2. The molecule has 2 amide bonds. The van der Waals surface area contributed by atoms with Gasteiger partial charge in [-0.3, -0.25) is 10.1 Å². The monoisotopic (exact) mass is 177 g/mol. The number of alkyl carbamates (subject to hydrolysis) is 1. The molecule has 1 fully saturated rings. The highest BCUT2D eigenvalue weighted by Gasteiger charge is 2.33. The van der Waals surface area contributed by atoms with E-state index in [0.29, 0.717) is 5.56 Å². The lowest BCUT2D eigenvalue weighted by Gasteiger charge is -2.04. The van der Waals surface area contributed by atoms with Gasteiger partial charge in [-0.15, -0.1) is 0 Å². The fourth-order valence-corrected chi connectivity index (χ4v) is 1.20. The molecule has 1 saturated heterocycles. The molecule has 0 aliphatic carbocycles. The molecular weight excluding hydrogens is 170 g/mol. The minimum absolute atomic E-state index is 0.406. The summed E-state index contributed by atoms with van der Waals surface area (Å²) in [4.78, 5) is 21.8. The molecule has 1 aromatic carbocycles. The van der Waals surface area contributed by atoms with Crippen LogP contribution in [0.5, 0.6) is 0 Å². The number of rotatable bonds is 1. The number of imide groups is 1. The van der Waals surface area contributed by atoms with Gasteiger partial charge in [0, 0.05) is 5.56 Å². The van der Waals surface area contributed by atoms with Gasteiger partial charge >= 0.3 is 6.09 Å². The summed E-state index contributed by atoms with van der Waals surface area (Å²) in [5.41, 5.74) is 0.686. The standard InChI is InChI=1S/C9H7NO3/c11-8-7(13-9(12)10-8)6-4-2-1-3-5-6/h1-5,7H,(H,10,11,12)/t7-/m1/s1. The predicted molar refractivity (Wildman–Crippen MR) is 43.8 cm³/mol. The Bertz CT molecular complexity index is 347. The molecule has 1 aliphatic rings. The Labute approximate surface area is 74.5 Å². The molecule has 1 atom stereocenters. The number of ether oxygens (including phenoxy) is 1. The average Bonchev–Trinajstić information content (AvgIpc) is 2.47. The van der Waals surface area contributed by atoms with Crippen LogP contribution in [-0.4, -0.2) is 12.0 Å². The van der Waals surface area contributed by atoms with Crippen LogP contribution in [-0.2, 0) is 9.53 Å². The molecule has 0 unspecified atom stereocenters. The predicted octanol–water partition coefficient (Wildman–Crippen LogP) is 0.994. The first kappa shape index (κ1) is 7.79. The van der Waals surface area contributed by atoms with Gasteiger partial charge in [0.1, 0.15) is 0 Å². The molecule has 0 aromatic heterocycles. The summed E-state index contributed by atoms with van der Waals surface area (Å²) in [6.07, 6.45) is -1.47. The van der Waals surface area contributed by atoms with E-state index in [2.05, 4.69) is 5.32 Å². The van der Waals surface area contributed by atoms with Crippen LogP contribution in [0.25, 0.3) is 0 Å². The highest BCUT2D eigenvalue weighted by molar-refractivity contribution is 6.00. The molecule has 2 rings (SSSR count). The summed E-state index contributed by atoms with van der Waals surface area (Å²) in [6, 6.07) is 8.88. The first-order valence-electron chi connectivity index (χ1n) is 3.84. The third-order valence-electron chi connectivity index (χ3n) is 1.79. The first-order valence-corrected chi connectivity index (χ1v) is 3.84. The van der Waals surface area contributed by atoms with Crippen LogP contribution in [0, 0.1) is 0 Å². The SMILES string of the molecule is O=C1NC(=O)[C@@H](c2ccccc2)O1. The molecule has 0 radical (unpaired) electrons. The van der Waals surface area contributed by atoms with E-state index in [1.807, 2.05) is 6.07 Å². The molecule has 4 nitrogen and oxygen atoms in total. The quantitative estimate of drug-likeness (QED) is 0.696. The molecule has 1 aliphatic heterocycles. The van der Waals surface area contributed by atoms with E-state index >= 15 is 0 Å². The van der Waals surface area contributed by atoms with E-state index in [4.69, 9.17) is 4.74 Å². The zero-order chi connectivity index (χ0) is 9.26. The summed E-state index contributed by atoms with van der Waals surface area (Å²) < 4.78 is 4.76. The van der Waals surface area contributed by atoms with E-state index in [-0.39, 0.29) is 0 Å². The second kappa shape index (κ2) is 2.90. The maximum absolute atomic E-state index is 11.1. The minimum atomic E-state index is -0.784. The van der Waals surface area contributed by atoms with Gasteiger partial charge in [-0.2, -0.15) is 0 Å².